The zero-order valence-electron chi connectivity index (χ0n) is 13.3. The van der Waals surface area contributed by atoms with Crippen molar-refractivity contribution in [1.82, 2.24) is 5.32 Å². The number of rotatable bonds is 3. The maximum Gasteiger partial charge on any atom is 0.0429 e. The summed E-state index contributed by atoms with van der Waals surface area (Å²) in [5.41, 5.74) is 2.76. The zero-order chi connectivity index (χ0) is 14.9. The van der Waals surface area contributed by atoms with Crippen LogP contribution in [0, 0.1) is 5.92 Å². The van der Waals surface area contributed by atoms with Crippen LogP contribution in [-0.2, 0) is 6.54 Å². The van der Waals surface area contributed by atoms with E-state index >= 15 is 0 Å². The third kappa shape index (κ3) is 3.89. The Morgan fingerprint density at radius 1 is 1.30 bits per heavy atom. The highest BCUT2D eigenvalue weighted by Crippen LogP contribution is 2.33. The molecule has 0 spiro atoms. The standard InChI is InChI=1S/C17H27ClN2/c1-12-8-13(2)20(11-12)16-9-15(18)7-6-14(16)10-19-17(3,4)5/h6-7,9,12-13,19H,8,10-11H2,1-5H3. The topological polar surface area (TPSA) is 15.3 Å². The molecule has 0 radical (unpaired) electrons. The molecule has 1 aromatic carbocycles. The smallest absolute Gasteiger partial charge is 0.0429 e. The SMILES string of the molecule is CC1CC(C)N(c2cc(Cl)ccc2CNC(C)(C)C)C1. The molecule has 1 aliphatic rings. The molecule has 2 rings (SSSR count). The average molecular weight is 295 g/mol. The number of nitrogens with one attached hydrogen (secondary N) is 1. The molecule has 0 aliphatic carbocycles. The summed E-state index contributed by atoms with van der Waals surface area (Å²) in [7, 11) is 0. The molecule has 2 unspecified atom stereocenters. The van der Waals surface area contributed by atoms with Gasteiger partial charge in [-0.05, 0) is 57.7 Å². The average Bonchev–Trinajstić information content (AvgIpc) is 2.65. The number of hydrogen-bond acceptors (Lipinski definition) is 2. The van der Waals surface area contributed by atoms with Crippen LogP contribution < -0.4 is 10.2 Å². The molecule has 1 aromatic rings. The molecule has 2 nitrogen and oxygen atoms in total. The first kappa shape index (κ1) is 15.7. The molecule has 0 bridgehead atoms. The van der Waals surface area contributed by atoms with E-state index in [2.05, 4.69) is 57.0 Å². The lowest BCUT2D eigenvalue weighted by atomic mass is 10.1. The van der Waals surface area contributed by atoms with Crippen LogP contribution in [-0.4, -0.2) is 18.1 Å². The quantitative estimate of drug-likeness (QED) is 0.885. The van der Waals surface area contributed by atoms with Gasteiger partial charge in [-0.1, -0.05) is 24.6 Å². The molecule has 0 aromatic heterocycles. The van der Waals surface area contributed by atoms with Gasteiger partial charge in [0.2, 0.25) is 0 Å². The monoisotopic (exact) mass is 294 g/mol. The molecule has 3 heteroatoms. The Kier molecular flexibility index (Phi) is 4.66. The summed E-state index contributed by atoms with van der Waals surface area (Å²) in [6, 6.07) is 6.87. The number of halogens is 1. The number of benzene rings is 1. The maximum absolute atomic E-state index is 6.22. The summed E-state index contributed by atoms with van der Waals surface area (Å²) >= 11 is 6.22. The van der Waals surface area contributed by atoms with E-state index in [1.54, 1.807) is 0 Å². The van der Waals surface area contributed by atoms with E-state index in [4.69, 9.17) is 11.6 Å². The summed E-state index contributed by atoms with van der Waals surface area (Å²) in [5.74, 6) is 0.757. The molecule has 1 saturated heterocycles. The van der Waals surface area contributed by atoms with E-state index < -0.39 is 0 Å². The Balaban J connectivity index is 2.24. The van der Waals surface area contributed by atoms with Crippen molar-refractivity contribution in [3.63, 3.8) is 0 Å². The lowest BCUT2D eigenvalue weighted by Crippen LogP contribution is -2.36. The summed E-state index contributed by atoms with van der Waals surface area (Å²) < 4.78 is 0. The molecular weight excluding hydrogens is 268 g/mol. The minimum atomic E-state index is 0.126. The third-order valence-corrected chi connectivity index (χ3v) is 4.18. The summed E-state index contributed by atoms with van der Waals surface area (Å²) in [4.78, 5) is 2.51. The van der Waals surface area contributed by atoms with Crippen LogP contribution in [0.1, 0.15) is 46.6 Å². The lowest BCUT2D eigenvalue weighted by molar-refractivity contribution is 0.424. The second-order valence-corrected chi connectivity index (χ2v) is 7.66. The molecule has 20 heavy (non-hydrogen) atoms. The van der Waals surface area contributed by atoms with Crippen LogP contribution in [0.4, 0.5) is 5.69 Å². The molecular formula is C17H27ClN2. The Bertz CT molecular complexity index is 465. The van der Waals surface area contributed by atoms with E-state index in [-0.39, 0.29) is 5.54 Å². The van der Waals surface area contributed by atoms with Crippen molar-refractivity contribution in [2.45, 2.75) is 59.2 Å². The third-order valence-electron chi connectivity index (χ3n) is 3.95. The molecule has 1 fully saturated rings. The normalized spacial score (nSPS) is 23.4. The Hall–Kier alpha value is -0.730. The van der Waals surface area contributed by atoms with Crippen LogP contribution in [0.3, 0.4) is 0 Å². The van der Waals surface area contributed by atoms with E-state index in [0.29, 0.717) is 6.04 Å². The summed E-state index contributed by atoms with van der Waals surface area (Å²) in [6.45, 7) is 13.2. The number of anilines is 1. The van der Waals surface area contributed by atoms with Crippen LogP contribution in [0.15, 0.2) is 18.2 Å². The van der Waals surface area contributed by atoms with Crippen molar-refractivity contribution >= 4 is 17.3 Å². The molecule has 0 amide bonds. The largest absolute Gasteiger partial charge is 0.368 e. The first-order valence-electron chi connectivity index (χ1n) is 7.56. The number of nitrogens with zero attached hydrogens (tertiary/aromatic N) is 1. The van der Waals surface area contributed by atoms with E-state index in [0.717, 1.165) is 24.0 Å². The van der Waals surface area contributed by atoms with Crippen LogP contribution in [0.5, 0.6) is 0 Å². The van der Waals surface area contributed by atoms with E-state index in [1.807, 2.05) is 6.07 Å². The van der Waals surface area contributed by atoms with Gasteiger partial charge >= 0.3 is 0 Å². The molecule has 1 N–H and O–H groups in total. The Morgan fingerprint density at radius 2 is 2.00 bits per heavy atom. The second kappa shape index (κ2) is 5.95. The minimum absolute atomic E-state index is 0.126. The van der Waals surface area contributed by atoms with Crippen molar-refractivity contribution in [2.75, 3.05) is 11.4 Å². The van der Waals surface area contributed by atoms with Gasteiger partial charge in [-0.3, -0.25) is 0 Å². The molecule has 0 saturated carbocycles. The van der Waals surface area contributed by atoms with Gasteiger partial charge in [-0.25, -0.2) is 0 Å². The first-order valence-corrected chi connectivity index (χ1v) is 7.94. The van der Waals surface area contributed by atoms with Crippen molar-refractivity contribution in [3.8, 4) is 0 Å². The van der Waals surface area contributed by atoms with Gasteiger partial charge in [-0.2, -0.15) is 0 Å². The summed E-state index contributed by atoms with van der Waals surface area (Å²) in [5, 5.41) is 4.40. The predicted molar refractivity (Wildman–Crippen MR) is 88.6 cm³/mol. The zero-order valence-corrected chi connectivity index (χ0v) is 14.1. The molecule has 112 valence electrons. The van der Waals surface area contributed by atoms with Crippen molar-refractivity contribution < 1.29 is 0 Å². The van der Waals surface area contributed by atoms with Gasteiger partial charge < -0.3 is 10.2 Å². The van der Waals surface area contributed by atoms with Gasteiger partial charge in [0, 0.05) is 35.4 Å². The first-order chi connectivity index (χ1) is 9.26. The van der Waals surface area contributed by atoms with Gasteiger partial charge in [-0.15, -0.1) is 0 Å². The number of hydrogen-bond donors (Lipinski definition) is 1. The Labute approximate surface area is 128 Å². The highest BCUT2D eigenvalue weighted by molar-refractivity contribution is 6.30. The van der Waals surface area contributed by atoms with E-state index in [9.17, 15) is 0 Å². The van der Waals surface area contributed by atoms with Crippen LogP contribution >= 0.6 is 11.6 Å². The van der Waals surface area contributed by atoms with Gasteiger partial charge in [0.25, 0.3) is 0 Å². The molecule has 1 heterocycles. The minimum Gasteiger partial charge on any atom is -0.368 e. The van der Waals surface area contributed by atoms with Gasteiger partial charge in [0.1, 0.15) is 0 Å². The Morgan fingerprint density at radius 3 is 2.55 bits per heavy atom. The van der Waals surface area contributed by atoms with Crippen molar-refractivity contribution in [3.05, 3.63) is 28.8 Å². The highest BCUT2D eigenvalue weighted by Gasteiger charge is 2.28. The second-order valence-electron chi connectivity index (χ2n) is 7.22. The molecule has 2 atom stereocenters. The maximum atomic E-state index is 6.22. The van der Waals surface area contributed by atoms with Gasteiger partial charge in [0.05, 0.1) is 0 Å². The predicted octanol–water partition coefficient (Wildman–Crippen LogP) is 4.46. The lowest BCUT2D eigenvalue weighted by Gasteiger charge is -2.28. The van der Waals surface area contributed by atoms with Gasteiger partial charge in [0.15, 0.2) is 0 Å². The van der Waals surface area contributed by atoms with Crippen molar-refractivity contribution in [2.24, 2.45) is 5.92 Å². The van der Waals surface area contributed by atoms with Crippen LogP contribution in [0.2, 0.25) is 5.02 Å². The fraction of sp³-hybridized carbons (Fsp3) is 0.647. The van der Waals surface area contributed by atoms with E-state index in [1.165, 1.54) is 17.7 Å². The van der Waals surface area contributed by atoms with Crippen LogP contribution in [0.25, 0.3) is 0 Å². The van der Waals surface area contributed by atoms with Crippen molar-refractivity contribution in [1.29, 1.82) is 0 Å². The fourth-order valence-electron chi connectivity index (χ4n) is 2.95. The fourth-order valence-corrected chi connectivity index (χ4v) is 3.12. The highest BCUT2D eigenvalue weighted by atomic mass is 35.5. The summed E-state index contributed by atoms with van der Waals surface area (Å²) in [6.07, 6.45) is 1.26. The molecule has 1 aliphatic heterocycles.